The molecule has 0 aliphatic heterocycles. The van der Waals surface area contributed by atoms with Crippen molar-refractivity contribution in [1.29, 1.82) is 0 Å². The van der Waals surface area contributed by atoms with Gasteiger partial charge in [0.25, 0.3) is 0 Å². The topological polar surface area (TPSA) is 77.4 Å². The smallest absolute Gasteiger partial charge is 0.344 e. The summed E-state index contributed by atoms with van der Waals surface area (Å²) in [4.78, 5) is 15.3. The highest BCUT2D eigenvalue weighted by molar-refractivity contribution is 5.81. The second-order valence-electron chi connectivity index (χ2n) is 5.33. The van der Waals surface area contributed by atoms with Gasteiger partial charge in [-0.25, -0.2) is 4.79 Å². The van der Waals surface area contributed by atoms with Gasteiger partial charge in [0.1, 0.15) is 5.75 Å². The molecule has 0 bridgehead atoms. The molecule has 0 unspecified atom stereocenters. The standard InChI is InChI=1S/C19H21NO5/c1-13(19(21)22)25-17-9-6-15(10-18(17)24-3)12-20-11-14-4-7-16(23-2)8-5-14/h4-10,12-13H,11H2,1-3H3,(H,21,22)/t13-/m1/s1. The molecule has 0 heterocycles. The van der Waals surface area contributed by atoms with E-state index >= 15 is 0 Å². The molecule has 0 radical (unpaired) electrons. The van der Waals surface area contributed by atoms with Crippen LogP contribution >= 0.6 is 0 Å². The van der Waals surface area contributed by atoms with Gasteiger partial charge in [-0.2, -0.15) is 0 Å². The van der Waals surface area contributed by atoms with Crippen LogP contribution in [0, 0.1) is 0 Å². The molecular formula is C19H21NO5. The number of ether oxygens (including phenoxy) is 3. The van der Waals surface area contributed by atoms with Crippen LogP contribution in [0.3, 0.4) is 0 Å². The second-order valence-corrected chi connectivity index (χ2v) is 5.33. The molecule has 1 N–H and O–H groups in total. The summed E-state index contributed by atoms with van der Waals surface area (Å²) >= 11 is 0. The van der Waals surface area contributed by atoms with Gasteiger partial charge in [0, 0.05) is 6.21 Å². The van der Waals surface area contributed by atoms with Crippen LogP contribution in [-0.4, -0.2) is 37.6 Å². The summed E-state index contributed by atoms with van der Waals surface area (Å²) in [5, 5.41) is 8.92. The summed E-state index contributed by atoms with van der Waals surface area (Å²) in [6, 6.07) is 12.9. The fraction of sp³-hybridized carbons (Fsp3) is 0.263. The van der Waals surface area contributed by atoms with Crippen LogP contribution in [0.5, 0.6) is 17.2 Å². The average Bonchev–Trinajstić information content (AvgIpc) is 2.63. The summed E-state index contributed by atoms with van der Waals surface area (Å²) in [6.45, 7) is 2.01. The van der Waals surface area contributed by atoms with Gasteiger partial charge in [-0.3, -0.25) is 4.99 Å². The molecule has 0 saturated carbocycles. The quantitative estimate of drug-likeness (QED) is 0.745. The number of carbonyl (C=O) groups is 1. The molecule has 0 aliphatic carbocycles. The number of methoxy groups -OCH3 is 2. The van der Waals surface area contributed by atoms with E-state index in [9.17, 15) is 4.79 Å². The van der Waals surface area contributed by atoms with Crippen molar-refractivity contribution in [2.75, 3.05) is 14.2 Å². The first-order chi connectivity index (χ1) is 12.0. The van der Waals surface area contributed by atoms with E-state index in [1.54, 1.807) is 31.5 Å². The molecule has 0 spiro atoms. The van der Waals surface area contributed by atoms with Gasteiger partial charge >= 0.3 is 5.97 Å². The molecule has 0 fully saturated rings. The Balaban J connectivity index is 2.05. The highest BCUT2D eigenvalue weighted by Gasteiger charge is 2.15. The lowest BCUT2D eigenvalue weighted by Gasteiger charge is -2.14. The number of aliphatic imine (C=N–C) groups is 1. The van der Waals surface area contributed by atoms with Gasteiger partial charge in [0.15, 0.2) is 17.6 Å². The van der Waals surface area contributed by atoms with Crippen molar-refractivity contribution in [3.63, 3.8) is 0 Å². The zero-order chi connectivity index (χ0) is 18.2. The number of aliphatic carboxylic acids is 1. The molecule has 0 saturated heterocycles. The SMILES string of the molecule is COc1ccc(CN=Cc2ccc(O[C@H](C)C(=O)O)c(OC)c2)cc1. The third kappa shape index (κ3) is 5.24. The van der Waals surface area contributed by atoms with Crippen molar-refractivity contribution < 1.29 is 24.1 Å². The number of carboxylic acid groups (broad SMARTS) is 1. The van der Waals surface area contributed by atoms with E-state index in [-0.39, 0.29) is 0 Å². The molecule has 0 amide bonds. The molecule has 132 valence electrons. The van der Waals surface area contributed by atoms with Gasteiger partial charge in [0.2, 0.25) is 0 Å². The number of rotatable bonds is 8. The molecule has 6 nitrogen and oxygen atoms in total. The zero-order valence-electron chi connectivity index (χ0n) is 14.4. The Morgan fingerprint density at radius 1 is 1.12 bits per heavy atom. The van der Waals surface area contributed by atoms with Crippen LogP contribution in [0.25, 0.3) is 0 Å². The third-order valence-electron chi connectivity index (χ3n) is 3.51. The third-order valence-corrected chi connectivity index (χ3v) is 3.51. The van der Waals surface area contributed by atoms with Gasteiger partial charge in [-0.1, -0.05) is 12.1 Å². The molecule has 1 atom stereocenters. The van der Waals surface area contributed by atoms with E-state index < -0.39 is 12.1 Å². The summed E-state index contributed by atoms with van der Waals surface area (Å²) in [6.07, 6.45) is 0.778. The maximum Gasteiger partial charge on any atom is 0.344 e. The van der Waals surface area contributed by atoms with Gasteiger partial charge in [-0.05, 0) is 48.4 Å². The minimum Gasteiger partial charge on any atom is -0.497 e. The number of hydrogen-bond acceptors (Lipinski definition) is 5. The van der Waals surface area contributed by atoms with Crippen LogP contribution in [0.15, 0.2) is 47.5 Å². The predicted molar refractivity (Wildman–Crippen MR) is 95.0 cm³/mol. The van der Waals surface area contributed by atoms with Gasteiger partial charge in [-0.15, -0.1) is 0 Å². The minimum atomic E-state index is -1.04. The first kappa shape index (κ1) is 18.3. The van der Waals surface area contributed by atoms with E-state index in [4.69, 9.17) is 19.3 Å². The Morgan fingerprint density at radius 2 is 1.84 bits per heavy atom. The molecule has 6 heteroatoms. The van der Waals surface area contributed by atoms with E-state index in [0.717, 1.165) is 16.9 Å². The first-order valence-corrected chi connectivity index (χ1v) is 7.73. The molecule has 0 aliphatic rings. The molecule has 0 aromatic heterocycles. The number of benzene rings is 2. The lowest BCUT2D eigenvalue weighted by atomic mass is 10.2. The van der Waals surface area contributed by atoms with Crippen LogP contribution in [0.4, 0.5) is 0 Å². The summed E-state index contributed by atoms with van der Waals surface area (Å²) in [5.74, 6) is 0.613. The highest BCUT2D eigenvalue weighted by atomic mass is 16.5. The Bertz CT molecular complexity index is 740. The largest absolute Gasteiger partial charge is 0.497 e. The lowest BCUT2D eigenvalue weighted by molar-refractivity contribution is -0.144. The van der Waals surface area contributed by atoms with Gasteiger partial charge in [0.05, 0.1) is 20.8 Å². The van der Waals surface area contributed by atoms with Crippen molar-refractivity contribution in [3.05, 3.63) is 53.6 Å². The molecular weight excluding hydrogens is 322 g/mol. The molecule has 2 aromatic carbocycles. The summed E-state index contributed by atoms with van der Waals surface area (Å²) < 4.78 is 15.8. The van der Waals surface area contributed by atoms with Crippen LogP contribution in [0.1, 0.15) is 18.1 Å². The number of hydrogen-bond donors (Lipinski definition) is 1. The number of carboxylic acids is 1. The lowest BCUT2D eigenvalue weighted by Crippen LogP contribution is -2.23. The van der Waals surface area contributed by atoms with Crippen molar-refractivity contribution in [3.8, 4) is 17.2 Å². The Hall–Kier alpha value is -3.02. The second kappa shape index (κ2) is 8.73. The summed E-state index contributed by atoms with van der Waals surface area (Å²) in [7, 11) is 3.14. The molecule has 2 aromatic rings. The summed E-state index contributed by atoms with van der Waals surface area (Å²) in [5.41, 5.74) is 1.90. The van der Waals surface area contributed by atoms with Gasteiger partial charge < -0.3 is 19.3 Å². The zero-order valence-corrected chi connectivity index (χ0v) is 14.4. The maximum absolute atomic E-state index is 10.9. The molecule has 25 heavy (non-hydrogen) atoms. The van der Waals surface area contributed by atoms with E-state index in [1.807, 2.05) is 24.3 Å². The Kier molecular flexibility index (Phi) is 6.39. The predicted octanol–water partition coefficient (Wildman–Crippen LogP) is 3.17. The van der Waals surface area contributed by atoms with Crippen molar-refractivity contribution in [2.24, 2.45) is 4.99 Å². The van der Waals surface area contributed by atoms with Crippen molar-refractivity contribution in [1.82, 2.24) is 0 Å². The average molecular weight is 343 g/mol. The van der Waals surface area contributed by atoms with E-state index in [0.29, 0.717) is 18.0 Å². The normalized spacial score (nSPS) is 12.0. The Labute approximate surface area is 146 Å². The fourth-order valence-corrected chi connectivity index (χ4v) is 2.09. The fourth-order valence-electron chi connectivity index (χ4n) is 2.09. The highest BCUT2D eigenvalue weighted by Crippen LogP contribution is 2.28. The number of nitrogens with zero attached hydrogens (tertiary/aromatic N) is 1. The van der Waals surface area contributed by atoms with E-state index in [1.165, 1.54) is 14.0 Å². The van der Waals surface area contributed by atoms with E-state index in [2.05, 4.69) is 4.99 Å². The van der Waals surface area contributed by atoms with Crippen molar-refractivity contribution >= 4 is 12.2 Å². The van der Waals surface area contributed by atoms with Crippen molar-refractivity contribution in [2.45, 2.75) is 19.6 Å². The van der Waals surface area contributed by atoms with Crippen LogP contribution in [-0.2, 0) is 11.3 Å². The monoisotopic (exact) mass is 343 g/mol. The van der Waals surface area contributed by atoms with Crippen LogP contribution < -0.4 is 14.2 Å². The van der Waals surface area contributed by atoms with Crippen LogP contribution in [0.2, 0.25) is 0 Å². The first-order valence-electron chi connectivity index (χ1n) is 7.73. The molecule has 2 rings (SSSR count). The minimum absolute atomic E-state index is 0.379. The Morgan fingerprint density at radius 3 is 2.44 bits per heavy atom. The maximum atomic E-state index is 10.9.